The van der Waals surface area contributed by atoms with Gasteiger partial charge in [0.05, 0.1) is 18.1 Å². The van der Waals surface area contributed by atoms with E-state index in [1.165, 1.54) is 75.6 Å². The fourth-order valence-corrected chi connectivity index (χ4v) is 6.41. The molecule has 0 saturated carbocycles. The molecule has 4 atom stereocenters. The first-order chi connectivity index (χ1) is 22.7. The molecule has 13 heteroatoms. The summed E-state index contributed by atoms with van der Waals surface area (Å²) in [5.41, 5.74) is 0.298. The molecule has 0 aromatic heterocycles. The van der Waals surface area contributed by atoms with E-state index in [1.54, 1.807) is 0 Å². The van der Waals surface area contributed by atoms with E-state index in [2.05, 4.69) is 22.5 Å². The first-order valence-corrected chi connectivity index (χ1v) is 17.6. The minimum absolute atomic E-state index is 0.0716. The van der Waals surface area contributed by atoms with E-state index in [1.807, 2.05) is 13.8 Å². The van der Waals surface area contributed by atoms with Crippen LogP contribution in [0.4, 0.5) is 16.2 Å². The first kappa shape index (κ1) is 37.4. The molecule has 3 aliphatic rings. The molecule has 0 spiro atoms. The third kappa shape index (κ3) is 11.9. The predicted octanol–water partition coefficient (Wildman–Crippen LogP) is 5.62. The predicted molar refractivity (Wildman–Crippen MR) is 177 cm³/mol. The van der Waals surface area contributed by atoms with Gasteiger partial charge in [0.15, 0.2) is 18.0 Å². The van der Waals surface area contributed by atoms with Crippen LogP contribution in [0.15, 0.2) is 24.3 Å². The van der Waals surface area contributed by atoms with Crippen molar-refractivity contribution in [3.8, 4) is 0 Å². The molecule has 0 radical (unpaired) electrons. The van der Waals surface area contributed by atoms with E-state index in [0.29, 0.717) is 18.8 Å². The van der Waals surface area contributed by atoms with E-state index in [9.17, 15) is 14.9 Å². The zero-order chi connectivity index (χ0) is 33.5. The van der Waals surface area contributed by atoms with Crippen LogP contribution in [0.3, 0.4) is 0 Å². The smallest absolute Gasteiger partial charge is 0.412 e. The maximum absolute atomic E-state index is 13.1. The molecule has 0 unspecified atom stereocenters. The summed E-state index contributed by atoms with van der Waals surface area (Å²) in [4.78, 5) is 26.0. The first-order valence-electron chi connectivity index (χ1n) is 17.6. The van der Waals surface area contributed by atoms with Gasteiger partial charge >= 0.3 is 6.09 Å². The molecule has 1 aromatic rings. The van der Waals surface area contributed by atoms with Gasteiger partial charge in [0, 0.05) is 57.2 Å². The van der Waals surface area contributed by atoms with Crippen molar-refractivity contribution in [3.05, 3.63) is 34.4 Å². The second-order valence-corrected chi connectivity index (χ2v) is 13.2. The summed E-state index contributed by atoms with van der Waals surface area (Å²) in [5, 5.41) is 17.1. The molecular weight excluding hydrogens is 608 g/mol. The van der Waals surface area contributed by atoms with Gasteiger partial charge in [0.25, 0.3) is 5.69 Å². The zero-order valence-corrected chi connectivity index (χ0v) is 28.5. The molecule has 266 valence electrons. The Kier molecular flexibility index (Phi) is 15.1. The third-order valence-corrected chi connectivity index (χ3v) is 8.85. The molecule has 3 fully saturated rings. The minimum Gasteiger partial charge on any atom is -0.440 e. The van der Waals surface area contributed by atoms with Crippen LogP contribution < -0.4 is 10.6 Å². The maximum Gasteiger partial charge on any atom is 0.412 e. The number of benzene rings is 1. The van der Waals surface area contributed by atoms with Crippen molar-refractivity contribution in [2.45, 2.75) is 115 Å². The molecule has 13 nitrogen and oxygen atoms in total. The Bertz CT molecular complexity index is 1090. The number of fused-ring (bicyclic) bond motifs is 1. The molecule has 2 N–H and O–H groups in total. The molecule has 3 heterocycles. The second kappa shape index (κ2) is 19.0. The van der Waals surface area contributed by atoms with Gasteiger partial charge in [-0.25, -0.2) is 4.79 Å². The highest BCUT2D eigenvalue weighted by Gasteiger charge is 2.66. The molecular formula is C34H56N4O9. The van der Waals surface area contributed by atoms with Crippen LogP contribution in [0.25, 0.3) is 0 Å². The lowest BCUT2D eigenvalue weighted by Gasteiger charge is -2.29. The number of nitrogens with one attached hydrogen (secondary N) is 2. The molecule has 0 aliphatic carbocycles. The Labute approximate surface area is 279 Å². The Morgan fingerprint density at radius 2 is 1.66 bits per heavy atom. The summed E-state index contributed by atoms with van der Waals surface area (Å²) in [6.07, 6.45) is 9.63. The van der Waals surface area contributed by atoms with Crippen LogP contribution in [-0.4, -0.2) is 105 Å². The number of morpholine rings is 1. The number of nitrogens with zero attached hydrogens (tertiary/aromatic N) is 2. The van der Waals surface area contributed by atoms with E-state index in [-0.39, 0.29) is 12.3 Å². The maximum atomic E-state index is 13.1. The Hall–Kier alpha value is -2.39. The van der Waals surface area contributed by atoms with E-state index < -0.39 is 40.9 Å². The SMILES string of the molecule is CCCCCCCCCCCCOC[C@@]12O[C@@H](CNCCN3CCOCC3)[C@@H](OC(=O)Nc3ccc([N+](=O)[O-])cc3)[C@@H]1OC(C)(C)O2. The largest absolute Gasteiger partial charge is 0.440 e. The average molecular weight is 665 g/mol. The van der Waals surface area contributed by atoms with Crippen LogP contribution in [0.2, 0.25) is 0 Å². The number of carbonyl (C=O) groups excluding carboxylic acids is 1. The monoisotopic (exact) mass is 664 g/mol. The highest BCUT2D eigenvalue weighted by molar-refractivity contribution is 5.84. The number of carbonyl (C=O) groups is 1. The minimum atomic E-state index is -1.24. The zero-order valence-electron chi connectivity index (χ0n) is 28.5. The topological polar surface area (TPSA) is 143 Å². The van der Waals surface area contributed by atoms with Gasteiger partial charge in [-0.05, 0) is 32.4 Å². The molecule has 1 amide bonds. The summed E-state index contributed by atoms with van der Waals surface area (Å²) in [7, 11) is 0. The highest BCUT2D eigenvalue weighted by Crippen LogP contribution is 2.46. The number of ether oxygens (including phenoxy) is 6. The fourth-order valence-electron chi connectivity index (χ4n) is 6.41. The lowest BCUT2D eigenvalue weighted by atomic mass is 10.1. The molecule has 3 aliphatic heterocycles. The lowest BCUT2D eigenvalue weighted by Crippen LogP contribution is -2.46. The molecule has 4 rings (SSSR count). The molecule has 3 saturated heterocycles. The van der Waals surface area contributed by atoms with Gasteiger partial charge in [0.2, 0.25) is 5.79 Å². The normalized spacial score (nSPS) is 25.5. The van der Waals surface area contributed by atoms with Crippen molar-refractivity contribution < 1.29 is 38.1 Å². The lowest BCUT2D eigenvalue weighted by molar-refractivity contribution is -0.384. The summed E-state index contributed by atoms with van der Waals surface area (Å²) in [6.45, 7) is 11.8. The summed E-state index contributed by atoms with van der Waals surface area (Å²) < 4.78 is 36.8. The number of amides is 1. The summed E-state index contributed by atoms with van der Waals surface area (Å²) in [5.74, 6) is -2.22. The van der Waals surface area contributed by atoms with E-state index in [0.717, 1.165) is 52.2 Å². The molecule has 47 heavy (non-hydrogen) atoms. The Balaban J connectivity index is 1.31. The second-order valence-electron chi connectivity index (χ2n) is 13.2. The molecule has 1 aromatic carbocycles. The van der Waals surface area contributed by atoms with Crippen molar-refractivity contribution in [2.75, 3.05) is 64.5 Å². The molecule has 0 bridgehead atoms. The number of unbranched alkanes of at least 4 members (excludes halogenated alkanes) is 9. The van der Waals surface area contributed by atoms with Gasteiger partial charge in [-0.2, -0.15) is 0 Å². The number of non-ortho nitro benzene ring substituents is 1. The fraction of sp³-hybridized carbons (Fsp3) is 0.794. The Morgan fingerprint density at radius 3 is 2.32 bits per heavy atom. The summed E-state index contributed by atoms with van der Waals surface area (Å²) in [6, 6.07) is 5.56. The van der Waals surface area contributed by atoms with Gasteiger partial charge < -0.3 is 33.7 Å². The highest BCUT2D eigenvalue weighted by atomic mass is 16.9. The van der Waals surface area contributed by atoms with Crippen molar-refractivity contribution in [1.82, 2.24) is 10.2 Å². The Morgan fingerprint density at radius 1 is 1.00 bits per heavy atom. The van der Waals surface area contributed by atoms with Gasteiger partial charge in [0.1, 0.15) is 12.7 Å². The van der Waals surface area contributed by atoms with E-state index >= 15 is 0 Å². The number of anilines is 1. The van der Waals surface area contributed by atoms with Crippen LogP contribution in [0, 0.1) is 10.1 Å². The van der Waals surface area contributed by atoms with Crippen molar-refractivity contribution in [2.24, 2.45) is 0 Å². The van der Waals surface area contributed by atoms with Gasteiger partial charge in [-0.15, -0.1) is 0 Å². The van der Waals surface area contributed by atoms with Crippen molar-refractivity contribution in [1.29, 1.82) is 0 Å². The third-order valence-electron chi connectivity index (χ3n) is 8.85. The van der Waals surface area contributed by atoms with Crippen molar-refractivity contribution >= 4 is 17.5 Å². The number of rotatable bonds is 21. The standard InChI is InChI=1S/C34H56N4O9/c1-4-5-6-7-8-9-10-11-12-13-22-43-26-34-31(46-33(2,3)47-34)30(29(45-34)25-35-18-19-37-20-23-42-24-21-37)44-32(39)36-27-14-16-28(17-15-27)38(40)41/h14-17,29-31,35H,4-13,18-26H2,1-3H3,(H,36,39)/t29-,30+,31-,34-/m0/s1. The van der Waals surface area contributed by atoms with Crippen molar-refractivity contribution in [3.63, 3.8) is 0 Å². The van der Waals surface area contributed by atoms with Crippen LogP contribution in [0.5, 0.6) is 0 Å². The number of nitro benzene ring substituents is 1. The number of hydrogen-bond acceptors (Lipinski definition) is 11. The average Bonchev–Trinajstić information content (AvgIpc) is 3.46. The van der Waals surface area contributed by atoms with Gasteiger partial charge in [-0.3, -0.25) is 20.3 Å². The van der Waals surface area contributed by atoms with Crippen LogP contribution in [0.1, 0.15) is 85.0 Å². The van der Waals surface area contributed by atoms with Gasteiger partial charge in [-0.1, -0.05) is 64.7 Å². The van der Waals surface area contributed by atoms with Crippen LogP contribution in [-0.2, 0) is 28.4 Å². The summed E-state index contributed by atoms with van der Waals surface area (Å²) >= 11 is 0. The van der Waals surface area contributed by atoms with Crippen LogP contribution >= 0.6 is 0 Å². The van der Waals surface area contributed by atoms with E-state index in [4.69, 9.17) is 28.4 Å². The number of hydrogen-bond donors (Lipinski definition) is 2. The number of nitro groups is 1. The quantitative estimate of drug-likeness (QED) is 0.0961.